The lowest BCUT2D eigenvalue weighted by Gasteiger charge is -2.15. The first-order chi connectivity index (χ1) is 13.8. The summed E-state index contributed by atoms with van der Waals surface area (Å²) in [5, 5.41) is 10.7. The number of nitrogens with one attached hydrogen (secondary N) is 1. The summed E-state index contributed by atoms with van der Waals surface area (Å²) >= 11 is 0. The lowest BCUT2D eigenvalue weighted by Crippen LogP contribution is -2.24. The van der Waals surface area contributed by atoms with Crippen LogP contribution in [0.3, 0.4) is 0 Å². The minimum atomic E-state index is -4.03. The minimum Gasteiger partial charge on any atom is -0.545 e. The summed E-state index contributed by atoms with van der Waals surface area (Å²) in [5.74, 6) is -0.149. The Morgan fingerprint density at radius 3 is 2.62 bits per heavy atom. The van der Waals surface area contributed by atoms with Crippen molar-refractivity contribution in [3.63, 3.8) is 0 Å². The maximum atomic E-state index is 12.9. The second kappa shape index (κ2) is 8.41. The van der Waals surface area contributed by atoms with Gasteiger partial charge in [-0.15, -0.1) is 0 Å². The normalized spacial score (nSPS) is 12.9. The van der Waals surface area contributed by atoms with Crippen LogP contribution in [0.15, 0.2) is 41.3 Å². The second-order valence-corrected chi connectivity index (χ2v) is 7.65. The van der Waals surface area contributed by atoms with E-state index in [1.165, 1.54) is 32.4 Å². The third kappa shape index (κ3) is 4.61. The van der Waals surface area contributed by atoms with Crippen LogP contribution in [0.2, 0.25) is 0 Å². The molecule has 29 heavy (non-hydrogen) atoms. The maximum Gasteiger partial charge on any atom is 0.244 e. The molecule has 0 bridgehead atoms. The summed E-state index contributed by atoms with van der Waals surface area (Å²) in [6.45, 7) is 0.108. The quantitative estimate of drug-likeness (QED) is 0.619. The molecule has 1 aliphatic rings. The first-order valence-corrected chi connectivity index (χ1v) is 9.85. The predicted molar refractivity (Wildman–Crippen MR) is 100 cm³/mol. The van der Waals surface area contributed by atoms with E-state index in [0.717, 1.165) is 6.08 Å². The van der Waals surface area contributed by atoms with Gasteiger partial charge >= 0.3 is 0 Å². The van der Waals surface area contributed by atoms with Crippen LogP contribution in [0.25, 0.3) is 6.08 Å². The zero-order valence-electron chi connectivity index (χ0n) is 15.6. The van der Waals surface area contributed by atoms with Gasteiger partial charge in [0.2, 0.25) is 16.8 Å². The zero-order chi connectivity index (χ0) is 21.0. The summed E-state index contributed by atoms with van der Waals surface area (Å²) in [5.41, 5.74) is 0.951. The molecule has 0 saturated heterocycles. The molecular weight excluding hydrogens is 402 g/mol. The molecule has 0 aliphatic carbocycles. The van der Waals surface area contributed by atoms with Crippen LogP contribution < -0.4 is 28.8 Å². The fraction of sp³-hybridized carbons (Fsp3) is 0.211. The first kappa shape index (κ1) is 20.5. The number of fused-ring (bicyclic) bond motifs is 1. The summed E-state index contributed by atoms with van der Waals surface area (Å²) < 4.78 is 49.3. The van der Waals surface area contributed by atoms with E-state index in [1.54, 1.807) is 18.2 Å². The van der Waals surface area contributed by atoms with E-state index in [1.807, 2.05) is 0 Å². The van der Waals surface area contributed by atoms with Crippen LogP contribution in [0.5, 0.6) is 23.0 Å². The number of sulfonamides is 1. The molecule has 1 heterocycles. The van der Waals surface area contributed by atoms with Gasteiger partial charge < -0.3 is 28.8 Å². The third-order valence-electron chi connectivity index (χ3n) is 4.07. The highest BCUT2D eigenvalue weighted by Crippen LogP contribution is 2.36. The molecule has 0 amide bonds. The Hall–Kier alpha value is -3.24. The molecule has 3 rings (SSSR count). The summed E-state index contributed by atoms with van der Waals surface area (Å²) in [7, 11) is -1.37. The molecule has 0 aromatic heterocycles. The Morgan fingerprint density at radius 2 is 1.93 bits per heavy atom. The van der Waals surface area contributed by atoms with Crippen molar-refractivity contribution in [1.82, 2.24) is 4.72 Å². The van der Waals surface area contributed by atoms with Crippen LogP contribution in [-0.4, -0.2) is 35.4 Å². The van der Waals surface area contributed by atoms with Gasteiger partial charge in [0.1, 0.15) is 4.90 Å². The van der Waals surface area contributed by atoms with Crippen molar-refractivity contribution in [2.45, 2.75) is 11.4 Å². The number of aliphatic carboxylic acids is 1. The summed E-state index contributed by atoms with van der Waals surface area (Å²) in [4.78, 5) is 10.5. The van der Waals surface area contributed by atoms with E-state index in [4.69, 9.17) is 18.9 Å². The number of ether oxygens (including phenoxy) is 4. The van der Waals surface area contributed by atoms with Gasteiger partial charge in [0, 0.05) is 6.54 Å². The Kier molecular flexibility index (Phi) is 5.95. The van der Waals surface area contributed by atoms with Crippen molar-refractivity contribution in [1.29, 1.82) is 0 Å². The Morgan fingerprint density at radius 1 is 1.17 bits per heavy atom. The van der Waals surface area contributed by atoms with E-state index in [9.17, 15) is 18.3 Å². The highest BCUT2D eigenvalue weighted by atomic mass is 32.2. The van der Waals surface area contributed by atoms with E-state index in [2.05, 4.69) is 4.72 Å². The number of carboxylic acids is 1. The van der Waals surface area contributed by atoms with E-state index in [-0.39, 0.29) is 35.3 Å². The monoisotopic (exact) mass is 420 g/mol. The van der Waals surface area contributed by atoms with Crippen molar-refractivity contribution >= 4 is 22.1 Å². The fourth-order valence-corrected chi connectivity index (χ4v) is 3.95. The number of rotatable bonds is 8. The van der Waals surface area contributed by atoms with Gasteiger partial charge in [-0.05, 0) is 41.5 Å². The van der Waals surface area contributed by atoms with Crippen molar-refractivity contribution in [3.8, 4) is 23.0 Å². The van der Waals surface area contributed by atoms with Crippen molar-refractivity contribution in [3.05, 3.63) is 47.5 Å². The molecular formula is C19H18NO8S-. The largest absolute Gasteiger partial charge is 0.545 e. The topological polar surface area (TPSA) is 123 Å². The molecule has 0 saturated carbocycles. The summed E-state index contributed by atoms with van der Waals surface area (Å²) in [6.07, 6.45) is 1.99. The zero-order valence-corrected chi connectivity index (χ0v) is 16.4. The number of carbonyl (C=O) groups is 1. The van der Waals surface area contributed by atoms with Gasteiger partial charge in [-0.2, -0.15) is 0 Å². The van der Waals surface area contributed by atoms with Crippen LogP contribution in [0.1, 0.15) is 11.1 Å². The van der Waals surface area contributed by atoms with Crippen LogP contribution in [0.4, 0.5) is 0 Å². The van der Waals surface area contributed by atoms with Gasteiger partial charge in [-0.3, -0.25) is 0 Å². The highest BCUT2D eigenvalue weighted by molar-refractivity contribution is 7.89. The molecule has 0 atom stereocenters. The average molecular weight is 420 g/mol. The van der Waals surface area contributed by atoms with Gasteiger partial charge in [-0.25, -0.2) is 13.1 Å². The van der Waals surface area contributed by atoms with Crippen molar-refractivity contribution in [2.24, 2.45) is 0 Å². The molecule has 0 spiro atoms. The molecule has 1 N–H and O–H groups in total. The number of carboxylic acid groups (broad SMARTS) is 1. The molecule has 0 radical (unpaired) electrons. The lowest BCUT2D eigenvalue weighted by molar-refractivity contribution is -0.297. The molecule has 10 heteroatoms. The number of hydrogen-bond donors (Lipinski definition) is 1. The molecule has 0 fully saturated rings. The minimum absolute atomic E-state index is 0.00344. The average Bonchev–Trinajstić information content (AvgIpc) is 3.17. The molecule has 0 unspecified atom stereocenters. The van der Waals surface area contributed by atoms with Crippen molar-refractivity contribution < 1.29 is 37.3 Å². The molecule has 154 valence electrons. The molecule has 1 aliphatic heterocycles. The summed E-state index contributed by atoms with van der Waals surface area (Å²) in [6, 6.07) is 7.83. The molecule has 9 nitrogen and oxygen atoms in total. The van der Waals surface area contributed by atoms with Gasteiger partial charge in [0.15, 0.2) is 23.0 Å². The standard InChI is InChI=1S/C19H19NO8S/c1-25-16-7-12(4-6-18(21)22)9-17(19(16)26-2)29(23,24)20-10-13-3-5-14-15(8-13)28-11-27-14/h3-9,20H,10-11H2,1-2H3,(H,21,22)/p-1/b6-4+. The Balaban J connectivity index is 1.91. The van der Waals surface area contributed by atoms with Gasteiger partial charge in [0.05, 0.1) is 20.2 Å². The number of methoxy groups -OCH3 is 2. The predicted octanol–water partition coefficient (Wildman–Crippen LogP) is 0.674. The number of benzene rings is 2. The molecule has 2 aromatic carbocycles. The first-order valence-electron chi connectivity index (χ1n) is 8.37. The van der Waals surface area contributed by atoms with Gasteiger partial charge in [0.25, 0.3) is 0 Å². The lowest BCUT2D eigenvalue weighted by atomic mass is 10.2. The number of carbonyl (C=O) groups excluding carboxylic acids is 1. The number of hydrogen-bond acceptors (Lipinski definition) is 8. The van der Waals surface area contributed by atoms with Gasteiger partial charge in [-0.1, -0.05) is 12.1 Å². The maximum absolute atomic E-state index is 12.9. The van der Waals surface area contributed by atoms with Crippen LogP contribution >= 0.6 is 0 Å². The molecule has 2 aromatic rings. The third-order valence-corrected chi connectivity index (χ3v) is 5.48. The highest BCUT2D eigenvalue weighted by Gasteiger charge is 2.24. The smallest absolute Gasteiger partial charge is 0.244 e. The Labute approximate surface area is 167 Å². The van der Waals surface area contributed by atoms with E-state index in [0.29, 0.717) is 17.1 Å². The van der Waals surface area contributed by atoms with Crippen molar-refractivity contribution in [2.75, 3.05) is 21.0 Å². The Bertz CT molecular complexity index is 1060. The van der Waals surface area contributed by atoms with E-state index >= 15 is 0 Å². The second-order valence-electron chi connectivity index (χ2n) is 5.92. The SMILES string of the molecule is COc1cc(/C=C/C(=O)[O-])cc(S(=O)(=O)NCc2ccc3c(c2)OCO3)c1OC. The van der Waals surface area contributed by atoms with Crippen LogP contribution in [0, 0.1) is 0 Å². The van der Waals surface area contributed by atoms with E-state index < -0.39 is 16.0 Å². The fourth-order valence-electron chi connectivity index (χ4n) is 2.72. The van der Waals surface area contributed by atoms with Crippen LogP contribution in [-0.2, 0) is 21.4 Å².